The first kappa shape index (κ1) is 54.5. The molecule has 0 spiro atoms. The van der Waals surface area contributed by atoms with E-state index in [4.69, 9.17) is 0 Å². The number of hydrogen-bond donors (Lipinski definition) is 3. The van der Waals surface area contributed by atoms with E-state index in [-0.39, 0.29) is 12.5 Å². The molecule has 326 valence electrons. The highest BCUT2D eigenvalue weighted by atomic mass is 16.3. The van der Waals surface area contributed by atoms with Crippen molar-refractivity contribution in [2.24, 2.45) is 0 Å². The molecule has 0 aromatic heterocycles. The Hall–Kier alpha value is -3.47. The van der Waals surface area contributed by atoms with Crippen LogP contribution in [-0.4, -0.2) is 34.9 Å². The fraction of sp³-hybridized carbons (Fsp3) is 0.574. The zero-order valence-electron chi connectivity index (χ0n) is 37.3. The van der Waals surface area contributed by atoms with Crippen molar-refractivity contribution in [1.82, 2.24) is 5.32 Å². The molecule has 0 heterocycles. The molecule has 0 bridgehead atoms. The summed E-state index contributed by atoms with van der Waals surface area (Å²) in [7, 11) is 0. The van der Waals surface area contributed by atoms with Crippen LogP contribution < -0.4 is 5.32 Å². The van der Waals surface area contributed by atoms with Crippen LogP contribution in [0, 0.1) is 0 Å². The van der Waals surface area contributed by atoms with Crippen molar-refractivity contribution in [3.8, 4) is 0 Å². The standard InChI is InChI=1S/C54H87NO3/c1-3-5-7-9-11-13-15-17-19-20-21-22-23-24-25-26-27-28-29-30-31-32-33-34-36-38-40-42-44-46-48-50-54(58)55-52(51-56)53(57)49-47-45-43-41-39-37-35-18-16-14-12-10-8-6-4-2/h5,7,11,13,17,19,21-22,24-25,27-28,30-31,33-34,38-41,47,49,52-53,56-57H,3-4,6,8-10,12,14-16,18,20,23,26,29,32,35-37,42-46,48,50-51H2,1-2H3,(H,55,58)/b7-5-,13-11-,19-17-,22-21-,25-24-,28-27-,31-30-,34-33-,40-38-,41-39+,49-47+. The minimum Gasteiger partial charge on any atom is -0.394 e. The summed E-state index contributed by atoms with van der Waals surface area (Å²) in [5, 5.41) is 23.0. The molecule has 0 aliphatic rings. The largest absolute Gasteiger partial charge is 0.394 e. The number of rotatable bonds is 40. The maximum atomic E-state index is 12.4. The zero-order chi connectivity index (χ0) is 42.1. The molecule has 0 rings (SSSR count). The molecule has 1 amide bonds. The van der Waals surface area contributed by atoms with Crippen molar-refractivity contribution >= 4 is 5.91 Å². The van der Waals surface area contributed by atoms with E-state index >= 15 is 0 Å². The Balaban J connectivity index is 3.77. The van der Waals surface area contributed by atoms with E-state index in [2.05, 4.69) is 141 Å². The number of nitrogens with one attached hydrogen (secondary N) is 1. The van der Waals surface area contributed by atoms with Crippen molar-refractivity contribution in [3.05, 3.63) is 134 Å². The highest BCUT2D eigenvalue weighted by molar-refractivity contribution is 5.76. The summed E-state index contributed by atoms with van der Waals surface area (Å²) in [4.78, 5) is 12.4. The van der Waals surface area contributed by atoms with Gasteiger partial charge in [0, 0.05) is 6.42 Å². The average molecular weight is 798 g/mol. The molecule has 4 heteroatoms. The lowest BCUT2D eigenvalue weighted by molar-refractivity contribution is -0.123. The molecule has 0 radical (unpaired) electrons. The van der Waals surface area contributed by atoms with E-state index in [0.717, 1.165) is 103 Å². The third kappa shape index (κ3) is 43.6. The molecule has 3 N–H and O–H groups in total. The Morgan fingerprint density at radius 2 is 0.776 bits per heavy atom. The Kier molecular flexibility index (Phi) is 45.0. The minimum atomic E-state index is -0.886. The molecule has 4 nitrogen and oxygen atoms in total. The summed E-state index contributed by atoms with van der Waals surface area (Å²) < 4.78 is 0. The summed E-state index contributed by atoms with van der Waals surface area (Å²) >= 11 is 0. The Morgan fingerprint density at radius 1 is 0.431 bits per heavy atom. The number of carbonyl (C=O) groups is 1. The molecular weight excluding hydrogens is 711 g/mol. The van der Waals surface area contributed by atoms with E-state index < -0.39 is 12.1 Å². The van der Waals surface area contributed by atoms with Crippen molar-refractivity contribution in [2.75, 3.05) is 6.61 Å². The van der Waals surface area contributed by atoms with Gasteiger partial charge in [0.15, 0.2) is 0 Å². The highest BCUT2D eigenvalue weighted by Gasteiger charge is 2.17. The van der Waals surface area contributed by atoms with Crippen LogP contribution in [0.4, 0.5) is 0 Å². The maximum Gasteiger partial charge on any atom is 0.220 e. The molecule has 2 atom stereocenters. The predicted molar refractivity (Wildman–Crippen MR) is 257 cm³/mol. The van der Waals surface area contributed by atoms with Gasteiger partial charge in [-0.3, -0.25) is 4.79 Å². The molecule has 0 saturated carbocycles. The molecule has 0 aliphatic heterocycles. The van der Waals surface area contributed by atoms with Crippen LogP contribution in [0.25, 0.3) is 0 Å². The van der Waals surface area contributed by atoms with Gasteiger partial charge < -0.3 is 15.5 Å². The fourth-order valence-corrected chi connectivity index (χ4v) is 6.07. The first-order chi connectivity index (χ1) is 28.7. The van der Waals surface area contributed by atoms with E-state index in [9.17, 15) is 15.0 Å². The number of amides is 1. The lowest BCUT2D eigenvalue weighted by Crippen LogP contribution is -2.45. The summed E-state index contributed by atoms with van der Waals surface area (Å²) in [6.07, 6.45) is 75.6. The molecule has 0 aromatic rings. The average Bonchev–Trinajstić information content (AvgIpc) is 3.23. The van der Waals surface area contributed by atoms with Crippen LogP contribution in [0.2, 0.25) is 0 Å². The van der Waals surface area contributed by atoms with Gasteiger partial charge in [-0.05, 0) is 103 Å². The van der Waals surface area contributed by atoms with Gasteiger partial charge in [-0.1, -0.05) is 205 Å². The first-order valence-corrected chi connectivity index (χ1v) is 23.4. The third-order valence-corrected chi connectivity index (χ3v) is 9.62. The van der Waals surface area contributed by atoms with Crippen molar-refractivity contribution < 1.29 is 15.0 Å². The third-order valence-electron chi connectivity index (χ3n) is 9.62. The van der Waals surface area contributed by atoms with Gasteiger partial charge >= 0.3 is 0 Å². The molecule has 2 unspecified atom stereocenters. The quantitative estimate of drug-likeness (QED) is 0.0427. The fourth-order valence-electron chi connectivity index (χ4n) is 6.07. The Labute approximate surface area is 358 Å². The predicted octanol–water partition coefficient (Wildman–Crippen LogP) is 15.1. The van der Waals surface area contributed by atoms with Crippen molar-refractivity contribution in [2.45, 2.75) is 193 Å². The zero-order valence-corrected chi connectivity index (χ0v) is 37.3. The number of aliphatic hydroxyl groups excluding tert-OH is 2. The molecule has 58 heavy (non-hydrogen) atoms. The van der Waals surface area contributed by atoms with Crippen LogP contribution in [0.1, 0.15) is 181 Å². The van der Waals surface area contributed by atoms with Gasteiger partial charge in [0.05, 0.1) is 18.8 Å². The lowest BCUT2D eigenvalue weighted by Gasteiger charge is -2.19. The second-order valence-corrected chi connectivity index (χ2v) is 15.1. The van der Waals surface area contributed by atoms with E-state index in [0.29, 0.717) is 6.42 Å². The number of allylic oxidation sites excluding steroid dienone is 21. The highest BCUT2D eigenvalue weighted by Crippen LogP contribution is 2.11. The topological polar surface area (TPSA) is 69.6 Å². The molecule has 0 fully saturated rings. The summed E-state index contributed by atoms with van der Waals surface area (Å²) in [6.45, 7) is 4.14. The number of unbranched alkanes of at least 4 members (excludes halogenated alkanes) is 13. The second-order valence-electron chi connectivity index (χ2n) is 15.1. The molecule has 0 saturated heterocycles. The van der Waals surface area contributed by atoms with Gasteiger partial charge in [0.1, 0.15) is 0 Å². The second kappa shape index (κ2) is 47.9. The lowest BCUT2D eigenvalue weighted by atomic mass is 10.1. The van der Waals surface area contributed by atoms with Crippen LogP contribution >= 0.6 is 0 Å². The van der Waals surface area contributed by atoms with Gasteiger partial charge in [-0.2, -0.15) is 0 Å². The summed E-state index contributed by atoms with van der Waals surface area (Å²) in [5.74, 6) is -0.113. The number of hydrogen-bond acceptors (Lipinski definition) is 3. The van der Waals surface area contributed by atoms with Crippen LogP contribution in [0.3, 0.4) is 0 Å². The van der Waals surface area contributed by atoms with Crippen LogP contribution in [0.5, 0.6) is 0 Å². The van der Waals surface area contributed by atoms with E-state index in [1.165, 1.54) is 57.8 Å². The van der Waals surface area contributed by atoms with Gasteiger partial charge in [-0.15, -0.1) is 0 Å². The maximum absolute atomic E-state index is 12.4. The van der Waals surface area contributed by atoms with Crippen LogP contribution in [0.15, 0.2) is 134 Å². The van der Waals surface area contributed by atoms with E-state index in [1.54, 1.807) is 6.08 Å². The Morgan fingerprint density at radius 3 is 1.21 bits per heavy atom. The number of aliphatic hydroxyl groups is 2. The SMILES string of the molecule is CC/C=C\C/C=C\C/C=C\C/C=C\C/C=C\C/C=C\C/C=C\C/C=C\C/C=C\CCCCCC(=O)NC(CO)C(O)/C=C/CC/C=C/CCCCCCCCCCC. The van der Waals surface area contributed by atoms with E-state index in [1.807, 2.05) is 6.08 Å². The van der Waals surface area contributed by atoms with Gasteiger partial charge in [0.25, 0.3) is 0 Å². The van der Waals surface area contributed by atoms with Crippen molar-refractivity contribution in [1.29, 1.82) is 0 Å². The summed E-state index contributed by atoms with van der Waals surface area (Å²) in [6, 6.07) is -0.667. The molecular formula is C54H87NO3. The van der Waals surface area contributed by atoms with Gasteiger partial charge in [-0.25, -0.2) is 0 Å². The minimum absolute atomic E-state index is 0.113. The summed E-state index contributed by atoms with van der Waals surface area (Å²) in [5.41, 5.74) is 0. The smallest absolute Gasteiger partial charge is 0.220 e. The van der Waals surface area contributed by atoms with Crippen molar-refractivity contribution in [3.63, 3.8) is 0 Å². The monoisotopic (exact) mass is 798 g/mol. The van der Waals surface area contributed by atoms with Gasteiger partial charge in [0.2, 0.25) is 5.91 Å². The number of carbonyl (C=O) groups excluding carboxylic acids is 1. The normalized spacial score (nSPS) is 14.2. The van der Waals surface area contributed by atoms with Crippen LogP contribution in [-0.2, 0) is 4.79 Å². The molecule has 0 aliphatic carbocycles. The first-order valence-electron chi connectivity index (χ1n) is 23.4. The molecule has 0 aromatic carbocycles. The Bertz CT molecular complexity index is 1220.